The summed E-state index contributed by atoms with van der Waals surface area (Å²) in [7, 11) is 1.48. The van der Waals surface area contributed by atoms with E-state index >= 15 is 0 Å². The van der Waals surface area contributed by atoms with Gasteiger partial charge in [0.2, 0.25) is 11.7 Å². The van der Waals surface area contributed by atoms with Gasteiger partial charge in [0.25, 0.3) is 5.91 Å². The first-order valence-electron chi connectivity index (χ1n) is 10.4. The first kappa shape index (κ1) is 21.1. The summed E-state index contributed by atoms with van der Waals surface area (Å²) < 4.78 is 16.0. The van der Waals surface area contributed by atoms with Crippen molar-refractivity contribution in [2.24, 2.45) is 0 Å². The van der Waals surface area contributed by atoms with Crippen LogP contribution in [0.2, 0.25) is 0 Å². The van der Waals surface area contributed by atoms with Gasteiger partial charge >= 0.3 is 5.63 Å². The largest absolute Gasteiger partial charge is 0.493 e. The predicted molar refractivity (Wildman–Crippen MR) is 124 cm³/mol. The molecule has 9 nitrogen and oxygen atoms in total. The molecule has 0 bridgehead atoms. The number of carbonyl (C=O) groups is 1. The first-order chi connectivity index (χ1) is 16.6. The van der Waals surface area contributed by atoms with E-state index in [0.717, 1.165) is 11.1 Å². The van der Waals surface area contributed by atoms with Crippen LogP contribution in [-0.2, 0) is 6.42 Å². The van der Waals surface area contributed by atoms with Crippen molar-refractivity contribution in [3.05, 3.63) is 100 Å². The normalized spacial score (nSPS) is 10.9. The van der Waals surface area contributed by atoms with Crippen LogP contribution in [0, 0.1) is 0 Å². The first-order valence-corrected chi connectivity index (χ1v) is 10.4. The summed E-state index contributed by atoms with van der Waals surface area (Å²) >= 11 is 0. The number of fused-ring (bicyclic) bond motifs is 1. The maximum absolute atomic E-state index is 13.0. The Bertz CT molecular complexity index is 1540. The zero-order valence-corrected chi connectivity index (χ0v) is 18.0. The van der Waals surface area contributed by atoms with E-state index in [1.165, 1.54) is 13.2 Å². The number of nitrogens with one attached hydrogen (secondary N) is 1. The van der Waals surface area contributed by atoms with Gasteiger partial charge in [-0.3, -0.25) is 9.78 Å². The number of para-hydroxylation sites is 2. The predicted octanol–water partition coefficient (Wildman–Crippen LogP) is 4.09. The molecule has 0 radical (unpaired) electrons. The summed E-state index contributed by atoms with van der Waals surface area (Å²) in [5, 5.41) is 7.38. The van der Waals surface area contributed by atoms with Crippen LogP contribution in [0.15, 0.2) is 86.8 Å². The number of ether oxygens (including phenoxy) is 1. The van der Waals surface area contributed by atoms with Gasteiger partial charge in [-0.2, -0.15) is 4.98 Å². The Kier molecular flexibility index (Phi) is 5.57. The molecule has 3 aromatic heterocycles. The second-order valence-corrected chi connectivity index (χ2v) is 7.36. The molecule has 0 aliphatic carbocycles. The fourth-order valence-corrected chi connectivity index (χ4v) is 3.53. The van der Waals surface area contributed by atoms with Crippen molar-refractivity contribution in [3.63, 3.8) is 0 Å². The summed E-state index contributed by atoms with van der Waals surface area (Å²) in [4.78, 5) is 33.9. The molecule has 0 fully saturated rings. The van der Waals surface area contributed by atoms with E-state index in [1.54, 1.807) is 54.9 Å². The average molecular weight is 454 g/mol. The quantitative estimate of drug-likeness (QED) is 0.381. The van der Waals surface area contributed by atoms with E-state index in [0.29, 0.717) is 28.5 Å². The van der Waals surface area contributed by atoms with E-state index in [1.807, 2.05) is 12.1 Å². The zero-order chi connectivity index (χ0) is 23.5. The molecule has 34 heavy (non-hydrogen) atoms. The molecule has 0 unspecified atom stereocenters. The number of benzene rings is 2. The topological polar surface area (TPSA) is 120 Å². The van der Waals surface area contributed by atoms with Crippen LogP contribution in [0.25, 0.3) is 22.4 Å². The average Bonchev–Trinajstić information content (AvgIpc) is 3.33. The highest BCUT2D eigenvalue weighted by Crippen LogP contribution is 2.25. The Morgan fingerprint density at radius 2 is 1.88 bits per heavy atom. The SMILES string of the molecule is COc1cccc2cc(C(=O)Nc3ccccc3Cc3nc(-c4ccncc4)no3)c(=O)oc12. The minimum atomic E-state index is -0.758. The third-order valence-electron chi connectivity index (χ3n) is 5.20. The number of anilines is 1. The molecular weight excluding hydrogens is 436 g/mol. The highest BCUT2D eigenvalue weighted by atomic mass is 16.5. The zero-order valence-electron chi connectivity index (χ0n) is 18.0. The van der Waals surface area contributed by atoms with Gasteiger partial charge in [0.05, 0.1) is 13.5 Å². The number of pyridine rings is 1. The van der Waals surface area contributed by atoms with Gasteiger partial charge < -0.3 is 19.0 Å². The van der Waals surface area contributed by atoms with Crippen molar-refractivity contribution in [3.8, 4) is 17.1 Å². The molecule has 0 aliphatic heterocycles. The lowest BCUT2D eigenvalue weighted by Gasteiger charge is -2.10. The van der Waals surface area contributed by atoms with E-state index in [4.69, 9.17) is 13.7 Å². The number of nitrogens with zero attached hydrogens (tertiary/aromatic N) is 3. The highest BCUT2D eigenvalue weighted by Gasteiger charge is 2.18. The van der Waals surface area contributed by atoms with Crippen LogP contribution in [0.1, 0.15) is 21.8 Å². The molecule has 1 N–H and O–H groups in total. The molecule has 0 saturated carbocycles. The monoisotopic (exact) mass is 454 g/mol. The van der Waals surface area contributed by atoms with Crippen molar-refractivity contribution >= 4 is 22.6 Å². The molecule has 1 amide bonds. The Balaban J connectivity index is 1.40. The van der Waals surface area contributed by atoms with Gasteiger partial charge in [0.15, 0.2) is 11.3 Å². The second-order valence-electron chi connectivity index (χ2n) is 7.36. The number of rotatable bonds is 6. The second kappa shape index (κ2) is 8.99. The smallest absolute Gasteiger partial charge is 0.349 e. The van der Waals surface area contributed by atoms with Gasteiger partial charge in [0.1, 0.15) is 5.56 Å². The standard InChI is InChI=1S/C25H18N4O5/c1-32-20-8-4-6-17-13-18(25(31)33-22(17)20)24(30)27-19-7-3-2-5-16(19)14-21-28-23(29-34-21)15-9-11-26-12-10-15/h2-13H,14H2,1H3,(H,27,30). The van der Waals surface area contributed by atoms with Gasteiger partial charge in [-0.05, 0) is 35.9 Å². The lowest BCUT2D eigenvalue weighted by Crippen LogP contribution is -2.21. The summed E-state index contributed by atoms with van der Waals surface area (Å²) in [5.74, 6) is 0.653. The van der Waals surface area contributed by atoms with Crippen LogP contribution >= 0.6 is 0 Å². The molecule has 168 valence electrons. The number of carbonyl (C=O) groups excluding carboxylic acids is 1. The number of aromatic nitrogens is 3. The molecule has 5 aromatic rings. The molecule has 0 spiro atoms. The van der Waals surface area contributed by atoms with Crippen molar-refractivity contribution in [1.29, 1.82) is 0 Å². The van der Waals surface area contributed by atoms with Crippen molar-refractivity contribution < 1.29 is 18.5 Å². The molecule has 0 saturated heterocycles. The van der Waals surface area contributed by atoms with E-state index in [2.05, 4.69) is 20.4 Å². The van der Waals surface area contributed by atoms with E-state index < -0.39 is 11.5 Å². The van der Waals surface area contributed by atoms with Gasteiger partial charge in [-0.1, -0.05) is 35.5 Å². The Morgan fingerprint density at radius 1 is 1.06 bits per heavy atom. The fraction of sp³-hybridized carbons (Fsp3) is 0.0800. The molecular formula is C25H18N4O5. The number of amides is 1. The lowest BCUT2D eigenvalue weighted by molar-refractivity contribution is 0.102. The van der Waals surface area contributed by atoms with E-state index in [-0.39, 0.29) is 17.6 Å². The van der Waals surface area contributed by atoms with Crippen molar-refractivity contribution in [2.75, 3.05) is 12.4 Å². The van der Waals surface area contributed by atoms with Crippen LogP contribution in [-0.4, -0.2) is 28.1 Å². The number of methoxy groups -OCH3 is 1. The summed E-state index contributed by atoms with van der Waals surface area (Å²) in [6.45, 7) is 0. The third kappa shape index (κ3) is 4.14. The molecule has 0 atom stereocenters. The van der Waals surface area contributed by atoms with Gasteiger partial charge in [-0.15, -0.1) is 0 Å². The fourth-order valence-electron chi connectivity index (χ4n) is 3.53. The lowest BCUT2D eigenvalue weighted by atomic mass is 10.1. The van der Waals surface area contributed by atoms with Crippen LogP contribution < -0.4 is 15.7 Å². The molecule has 3 heterocycles. The highest BCUT2D eigenvalue weighted by molar-refractivity contribution is 6.06. The Labute approximate surface area is 193 Å². The molecule has 2 aromatic carbocycles. The summed E-state index contributed by atoms with van der Waals surface area (Å²) in [5.41, 5.74) is 1.45. The Hall–Kier alpha value is -4.79. The maximum Gasteiger partial charge on any atom is 0.349 e. The van der Waals surface area contributed by atoms with Crippen LogP contribution in [0.5, 0.6) is 5.75 Å². The Morgan fingerprint density at radius 3 is 2.71 bits per heavy atom. The van der Waals surface area contributed by atoms with Crippen LogP contribution in [0.4, 0.5) is 5.69 Å². The minimum absolute atomic E-state index is 0.117. The van der Waals surface area contributed by atoms with Gasteiger partial charge in [0, 0.05) is 29.0 Å². The van der Waals surface area contributed by atoms with E-state index in [9.17, 15) is 9.59 Å². The minimum Gasteiger partial charge on any atom is -0.493 e. The number of hydrogen-bond donors (Lipinski definition) is 1. The third-order valence-corrected chi connectivity index (χ3v) is 5.20. The van der Waals surface area contributed by atoms with Crippen molar-refractivity contribution in [1.82, 2.24) is 15.1 Å². The molecule has 0 aliphatic rings. The van der Waals surface area contributed by atoms with Crippen LogP contribution in [0.3, 0.4) is 0 Å². The summed E-state index contributed by atoms with van der Waals surface area (Å²) in [6.07, 6.45) is 3.59. The number of hydrogen-bond acceptors (Lipinski definition) is 8. The molecule has 5 rings (SSSR count). The summed E-state index contributed by atoms with van der Waals surface area (Å²) in [6, 6.07) is 17.4. The van der Waals surface area contributed by atoms with Crippen molar-refractivity contribution in [2.45, 2.75) is 6.42 Å². The van der Waals surface area contributed by atoms with Gasteiger partial charge in [-0.25, -0.2) is 4.79 Å². The maximum atomic E-state index is 13.0. The molecule has 9 heteroatoms.